The van der Waals surface area contributed by atoms with E-state index < -0.39 is 0 Å². The summed E-state index contributed by atoms with van der Waals surface area (Å²) in [7, 11) is 1.52. The molecule has 1 saturated heterocycles. The Morgan fingerprint density at radius 2 is 1.85 bits per heavy atom. The van der Waals surface area contributed by atoms with Gasteiger partial charge in [0, 0.05) is 57.0 Å². The highest BCUT2D eigenvalue weighted by molar-refractivity contribution is 5.29. The monoisotopic (exact) mass is 376 g/mol. The highest BCUT2D eigenvalue weighted by Gasteiger charge is 2.27. The molecule has 1 unspecified atom stereocenters. The van der Waals surface area contributed by atoms with Gasteiger partial charge in [-0.15, -0.1) is 0 Å². The highest BCUT2D eigenvalue weighted by Crippen LogP contribution is 2.21. The van der Waals surface area contributed by atoms with Crippen LogP contribution in [0.2, 0.25) is 0 Å². The van der Waals surface area contributed by atoms with Gasteiger partial charge in [0.1, 0.15) is 17.4 Å². The first-order chi connectivity index (χ1) is 13.1. The molecule has 0 bridgehead atoms. The Balaban J connectivity index is 1.63. The number of methoxy groups -OCH3 is 1. The summed E-state index contributed by atoms with van der Waals surface area (Å²) in [5.41, 5.74) is 1.69. The summed E-state index contributed by atoms with van der Waals surface area (Å²) >= 11 is 0. The van der Waals surface area contributed by atoms with Gasteiger partial charge >= 0.3 is 0 Å². The number of halogens is 2. The molecule has 1 heterocycles. The second-order valence-corrected chi connectivity index (χ2v) is 6.96. The SMILES string of the molecule is COc1ccc(CN2CCN(Cc3ccc(F)cc3)C(CCO)C2)c(F)c1. The summed E-state index contributed by atoms with van der Waals surface area (Å²) in [6.45, 7) is 3.74. The van der Waals surface area contributed by atoms with Crippen molar-refractivity contribution in [1.29, 1.82) is 0 Å². The zero-order valence-electron chi connectivity index (χ0n) is 15.6. The third-order valence-corrected chi connectivity index (χ3v) is 5.10. The van der Waals surface area contributed by atoms with Gasteiger partial charge in [-0.1, -0.05) is 18.2 Å². The number of hydrogen-bond donors (Lipinski definition) is 1. The fourth-order valence-electron chi connectivity index (χ4n) is 3.58. The van der Waals surface area contributed by atoms with Gasteiger partial charge in [-0.3, -0.25) is 9.80 Å². The van der Waals surface area contributed by atoms with E-state index in [2.05, 4.69) is 9.80 Å². The summed E-state index contributed by atoms with van der Waals surface area (Å²) in [6, 6.07) is 11.7. The fourth-order valence-corrected chi connectivity index (χ4v) is 3.58. The molecule has 1 N–H and O–H groups in total. The first-order valence-corrected chi connectivity index (χ1v) is 9.23. The number of aliphatic hydroxyl groups excluding tert-OH is 1. The second kappa shape index (κ2) is 9.26. The van der Waals surface area contributed by atoms with Crippen LogP contribution in [0.25, 0.3) is 0 Å². The Bertz CT molecular complexity index is 739. The molecule has 0 radical (unpaired) electrons. The lowest BCUT2D eigenvalue weighted by atomic mass is 10.1. The maximum atomic E-state index is 14.2. The third-order valence-electron chi connectivity index (χ3n) is 5.10. The Morgan fingerprint density at radius 3 is 2.52 bits per heavy atom. The molecule has 6 heteroatoms. The molecule has 4 nitrogen and oxygen atoms in total. The number of nitrogens with zero attached hydrogens (tertiary/aromatic N) is 2. The molecule has 2 aromatic carbocycles. The third kappa shape index (κ3) is 5.25. The number of hydrogen-bond acceptors (Lipinski definition) is 4. The lowest BCUT2D eigenvalue weighted by molar-refractivity contribution is 0.0494. The van der Waals surface area contributed by atoms with Gasteiger partial charge in [-0.2, -0.15) is 0 Å². The molecule has 1 aliphatic rings. The molecular weight excluding hydrogens is 350 g/mol. The number of aliphatic hydroxyl groups is 1. The zero-order valence-corrected chi connectivity index (χ0v) is 15.6. The van der Waals surface area contributed by atoms with Crippen LogP contribution >= 0.6 is 0 Å². The van der Waals surface area contributed by atoms with Crippen LogP contribution < -0.4 is 4.74 Å². The molecule has 0 amide bonds. The minimum atomic E-state index is -0.262. The number of ether oxygens (including phenoxy) is 1. The Labute approximate surface area is 159 Å². The molecule has 3 rings (SSSR count). The van der Waals surface area contributed by atoms with Crippen LogP contribution in [0.1, 0.15) is 17.5 Å². The summed E-state index contributed by atoms with van der Waals surface area (Å²) in [4.78, 5) is 4.52. The average molecular weight is 376 g/mol. The van der Waals surface area contributed by atoms with Crippen molar-refractivity contribution in [2.45, 2.75) is 25.6 Å². The fraction of sp³-hybridized carbons (Fsp3) is 0.429. The van der Waals surface area contributed by atoms with Crippen LogP contribution in [0, 0.1) is 11.6 Å². The summed E-state index contributed by atoms with van der Waals surface area (Å²) in [5, 5.41) is 9.45. The number of benzene rings is 2. The molecule has 146 valence electrons. The Kier molecular flexibility index (Phi) is 6.77. The van der Waals surface area contributed by atoms with E-state index in [0.29, 0.717) is 24.3 Å². The van der Waals surface area contributed by atoms with Crippen molar-refractivity contribution in [1.82, 2.24) is 9.80 Å². The van der Waals surface area contributed by atoms with Gasteiger partial charge in [0.2, 0.25) is 0 Å². The van der Waals surface area contributed by atoms with Crippen LogP contribution in [0.3, 0.4) is 0 Å². The summed E-state index contributed by atoms with van der Waals surface area (Å²) in [5.74, 6) is 0.0114. The molecule has 0 spiro atoms. The predicted molar refractivity (Wildman–Crippen MR) is 101 cm³/mol. The molecule has 0 aromatic heterocycles. The van der Waals surface area contributed by atoms with Crippen molar-refractivity contribution in [2.75, 3.05) is 33.4 Å². The molecule has 2 aromatic rings. The summed E-state index contributed by atoms with van der Waals surface area (Å²) < 4.78 is 32.4. The van der Waals surface area contributed by atoms with E-state index in [1.165, 1.54) is 25.3 Å². The first-order valence-electron chi connectivity index (χ1n) is 9.23. The minimum absolute atomic E-state index is 0.106. The summed E-state index contributed by atoms with van der Waals surface area (Å²) in [6.07, 6.45) is 0.656. The lowest BCUT2D eigenvalue weighted by Crippen LogP contribution is -2.52. The van der Waals surface area contributed by atoms with Crippen LogP contribution in [-0.2, 0) is 13.1 Å². The normalized spacial score (nSPS) is 18.6. The average Bonchev–Trinajstić information content (AvgIpc) is 2.67. The topological polar surface area (TPSA) is 35.9 Å². The highest BCUT2D eigenvalue weighted by atomic mass is 19.1. The quantitative estimate of drug-likeness (QED) is 0.806. The van der Waals surface area contributed by atoms with Crippen molar-refractivity contribution in [3.63, 3.8) is 0 Å². The van der Waals surface area contributed by atoms with Gasteiger partial charge in [-0.05, 0) is 30.2 Å². The van der Waals surface area contributed by atoms with E-state index in [1.54, 1.807) is 24.3 Å². The second-order valence-electron chi connectivity index (χ2n) is 6.96. The van der Waals surface area contributed by atoms with Crippen molar-refractivity contribution in [3.8, 4) is 5.75 Å². The Hall–Kier alpha value is -2.02. The van der Waals surface area contributed by atoms with Crippen LogP contribution in [-0.4, -0.2) is 54.3 Å². The van der Waals surface area contributed by atoms with E-state index in [9.17, 15) is 13.9 Å². The predicted octanol–water partition coefficient (Wildman–Crippen LogP) is 3.04. The van der Waals surface area contributed by atoms with Crippen molar-refractivity contribution in [2.24, 2.45) is 0 Å². The smallest absolute Gasteiger partial charge is 0.131 e. The van der Waals surface area contributed by atoms with Gasteiger partial charge in [0.25, 0.3) is 0 Å². The molecule has 1 fully saturated rings. The van der Waals surface area contributed by atoms with Crippen molar-refractivity contribution in [3.05, 3.63) is 65.2 Å². The number of rotatable bonds is 7. The van der Waals surface area contributed by atoms with Gasteiger partial charge in [0.05, 0.1) is 7.11 Å². The molecule has 0 saturated carbocycles. The minimum Gasteiger partial charge on any atom is -0.497 e. The van der Waals surface area contributed by atoms with E-state index >= 15 is 0 Å². The molecule has 0 aliphatic carbocycles. The van der Waals surface area contributed by atoms with E-state index in [4.69, 9.17) is 4.74 Å². The van der Waals surface area contributed by atoms with E-state index in [1.807, 2.05) is 0 Å². The van der Waals surface area contributed by atoms with Crippen molar-refractivity contribution < 1.29 is 18.6 Å². The van der Waals surface area contributed by atoms with Gasteiger partial charge < -0.3 is 9.84 Å². The largest absolute Gasteiger partial charge is 0.497 e. The zero-order chi connectivity index (χ0) is 19.2. The molecule has 1 aliphatic heterocycles. The standard InChI is InChI=1S/C21H26F2N2O2/c1-27-20-7-4-17(21(23)12-20)14-24-9-10-25(19(15-24)8-11-26)13-16-2-5-18(22)6-3-16/h2-7,12,19,26H,8-11,13-15H2,1H3. The molecule has 1 atom stereocenters. The van der Waals surface area contributed by atoms with Crippen molar-refractivity contribution >= 4 is 0 Å². The van der Waals surface area contributed by atoms with Gasteiger partial charge in [-0.25, -0.2) is 8.78 Å². The number of piperazine rings is 1. The van der Waals surface area contributed by atoms with Crippen LogP contribution in [0.5, 0.6) is 5.75 Å². The van der Waals surface area contributed by atoms with Gasteiger partial charge in [0.15, 0.2) is 0 Å². The maximum absolute atomic E-state index is 14.2. The van der Waals surface area contributed by atoms with Crippen LogP contribution in [0.4, 0.5) is 8.78 Å². The Morgan fingerprint density at radius 1 is 1.07 bits per heavy atom. The lowest BCUT2D eigenvalue weighted by Gasteiger charge is -2.41. The maximum Gasteiger partial charge on any atom is 0.131 e. The van der Waals surface area contributed by atoms with E-state index in [-0.39, 0.29) is 24.3 Å². The first kappa shape index (κ1) is 19.7. The molecular formula is C21H26F2N2O2. The van der Waals surface area contributed by atoms with E-state index in [0.717, 1.165) is 31.7 Å². The van der Waals surface area contributed by atoms with Crippen LogP contribution in [0.15, 0.2) is 42.5 Å². The molecule has 27 heavy (non-hydrogen) atoms.